The summed E-state index contributed by atoms with van der Waals surface area (Å²) in [6.07, 6.45) is 1.54. The van der Waals surface area contributed by atoms with Gasteiger partial charge >= 0.3 is 0 Å². The van der Waals surface area contributed by atoms with Crippen molar-refractivity contribution in [2.45, 2.75) is 18.6 Å². The van der Waals surface area contributed by atoms with Gasteiger partial charge in [0.15, 0.2) is 0 Å². The van der Waals surface area contributed by atoms with Gasteiger partial charge < -0.3 is 20.9 Å². The number of nitrogens with zero attached hydrogens (tertiary/aromatic N) is 3. The topological polar surface area (TPSA) is 128 Å². The molecule has 0 aliphatic heterocycles. The van der Waals surface area contributed by atoms with E-state index in [1.54, 1.807) is 43.3 Å². The van der Waals surface area contributed by atoms with Crippen molar-refractivity contribution >= 4 is 29.3 Å². The third kappa shape index (κ3) is 4.67. The molecule has 140 valence electrons. The van der Waals surface area contributed by atoms with Gasteiger partial charge in [0.1, 0.15) is 11.6 Å². The Labute approximate surface area is 159 Å². The highest BCUT2D eigenvalue weighted by Crippen LogP contribution is 2.18. The zero-order valence-electron chi connectivity index (χ0n) is 14.5. The first-order chi connectivity index (χ1) is 13.0. The zero-order valence-corrected chi connectivity index (χ0v) is 15.3. The van der Waals surface area contributed by atoms with Crippen LogP contribution in [0.15, 0.2) is 52.2 Å². The van der Waals surface area contributed by atoms with Crippen molar-refractivity contribution in [2.24, 2.45) is 0 Å². The predicted molar refractivity (Wildman–Crippen MR) is 101 cm³/mol. The Kier molecular flexibility index (Phi) is 5.77. The van der Waals surface area contributed by atoms with Gasteiger partial charge in [0.2, 0.25) is 11.1 Å². The molecule has 1 aromatic carbocycles. The van der Waals surface area contributed by atoms with Gasteiger partial charge in [-0.3, -0.25) is 9.59 Å². The molecule has 9 nitrogen and oxygen atoms in total. The van der Waals surface area contributed by atoms with Crippen LogP contribution in [0.1, 0.15) is 21.9 Å². The number of hydrogen-bond donors (Lipinski definition) is 3. The van der Waals surface area contributed by atoms with Gasteiger partial charge in [-0.25, -0.2) is 4.68 Å². The number of aromatic nitrogens is 3. The monoisotopic (exact) mass is 386 g/mol. The number of anilines is 1. The molecule has 0 bridgehead atoms. The molecule has 0 saturated carbocycles. The van der Waals surface area contributed by atoms with Crippen LogP contribution in [0, 0.1) is 6.92 Å². The molecule has 0 aliphatic rings. The first kappa shape index (κ1) is 18.5. The third-order valence-electron chi connectivity index (χ3n) is 3.62. The average Bonchev–Trinajstić information content (AvgIpc) is 3.29. The molecule has 0 spiro atoms. The van der Waals surface area contributed by atoms with Gasteiger partial charge in [0, 0.05) is 0 Å². The van der Waals surface area contributed by atoms with Crippen LogP contribution in [0.4, 0.5) is 5.69 Å². The molecule has 0 atom stereocenters. The molecule has 0 fully saturated rings. The summed E-state index contributed by atoms with van der Waals surface area (Å²) in [6.45, 7) is 1.98. The van der Waals surface area contributed by atoms with E-state index in [0.29, 0.717) is 28.0 Å². The van der Waals surface area contributed by atoms with Gasteiger partial charge in [-0.2, -0.15) is 0 Å². The Bertz CT molecular complexity index is 938. The highest BCUT2D eigenvalue weighted by Gasteiger charge is 2.15. The quantitative estimate of drug-likeness (QED) is 0.415. The summed E-state index contributed by atoms with van der Waals surface area (Å²) in [6, 6.07) is 10.3. The molecule has 10 heteroatoms. The molecule has 2 aromatic heterocycles. The highest BCUT2D eigenvalue weighted by atomic mass is 32.2. The number of amides is 2. The van der Waals surface area contributed by atoms with Crippen LogP contribution in [-0.4, -0.2) is 32.4 Å². The number of hydrogen-bond acceptors (Lipinski definition) is 7. The van der Waals surface area contributed by atoms with Gasteiger partial charge in [-0.1, -0.05) is 23.9 Å². The Hall–Kier alpha value is -3.27. The summed E-state index contributed by atoms with van der Waals surface area (Å²) in [5, 5.41) is 13.7. The van der Waals surface area contributed by atoms with Gasteiger partial charge in [-0.05, 0) is 31.2 Å². The minimum absolute atomic E-state index is 0.0810. The second-order valence-corrected chi connectivity index (χ2v) is 6.49. The molecule has 3 aromatic rings. The second kappa shape index (κ2) is 8.41. The Morgan fingerprint density at radius 2 is 2.04 bits per heavy atom. The number of carbonyl (C=O) groups excluding carboxylic acids is 2. The van der Waals surface area contributed by atoms with E-state index < -0.39 is 0 Å². The number of thioether (sulfide) groups is 1. The zero-order chi connectivity index (χ0) is 19.2. The Morgan fingerprint density at radius 3 is 2.74 bits per heavy atom. The van der Waals surface area contributed by atoms with Crippen LogP contribution < -0.4 is 16.5 Å². The van der Waals surface area contributed by atoms with Crippen molar-refractivity contribution in [3.8, 4) is 0 Å². The van der Waals surface area contributed by atoms with E-state index in [1.807, 2.05) is 0 Å². The fourth-order valence-electron chi connectivity index (χ4n) is 2.23. The fourth-order valence-corrected chi connectivity index (χ4v) is 2.93. The van der Waals surface area contributed by atoms with Gasteiger partial charge in [-0.15, -0.1) is 10.2 Å². The maximum atomic E-state index is 12.4. The molecule has 0 saturated heterocycles. The van der Waals surface area contributed by atoms with Crippen LogP contribution in [0.3, 0.4) is 0 Å². The van der Waals surface area contributed by atoms with Crippen molar-refractivity contribution < 1.29 is 14.0 Å². The highest BCUT2D eigenvalue weighted by molar-refractivity contribution is 7.99. The molecule has 4 N–H and O–H groups in total. The van der Waals surface area contributed by atoms with E-state index in [9.17, 15) is 9.59 Å². The van der Waals surface area contributed by atoms with Crippen LogP contribution in [0.25, 0.3) is 0 Å². The minimum Gasteiger partial charge on any atom is -0.467 e. The predicted octanol–water partition coefficient (Wildman–Crippen LogP) is 1.55. The summed E-state index contributed by atoms with van der Waals surface area (Å²) in [5.41, 5.74) is 0.783. The molecule has 3 rings (SSSR count). The number of aryl methyl sites for hydroxylation is 1. The van der Waals surface area contributed by atoms with Crippen LogP contribution in [0.5, 0.6) is 0 Å². The van der Waals surface area contributed by atoms with E-state index >= 15 is 0 Å². The number of carbonyl (C=O) groups is 2. The third-order valence-corrected chi connectivity index (χ3v) is 4.56. The number of benzene rings is 1. The maximum Gasteiger partial charge on any atom is 0.253 e. The molecule has 0 unspecified atom stereocenters. The molecular weight excluding hydrogens is 368 g/mol. The molecular formula is C17H18N6O3S. The standard InChI is InChI=1S/C17H18N6O3S/c1-11-21-22-17(23(11)18)27-10-15(24)20-14-7-3-2-6-13(14)16(25)19-9-12-5-4-8-26-12/h2-8H,9-10,18H2,1H3,(H,19,25)(H,20,24). The SMILES string of the molecule is Cc1nnc(SCC(=O)Nc2ccccc2C(=O)NCc2ccco2)n1N. The second-order valence-electron chi connectivity index (χ2n) is 5.54. The number of nitrogen functional groups attached to an aromatic ring is 1. The number of para-hydroxylation sites is 1. The summed E-state index contributed by atoms with van der Waals surface area (Å²) >= 11 is 1.16. The molecule has 27 heavy (non-hydrogen) atoms. The lowest BCUT2D eigenvalue weighted by molar-refractivity contribution is -0.113. The average molecular weight is 386 g/mol. The molecule has 2 amide bonds. The number of nitrogens with one attached hydrogen (secondary N) is 2. The Morgan fingerprint density at radius 1 is 1.22 bits per heavy atom. The number of nitrogens with two attached hydrogens (primary N) is 1. The van der Waals surface area contributed by atoms with Gasteiger partial charge in [0.25, 0.3) is 5.91 Å². The van der Waals surface area contributed by atoms with E-state index in [4.69, 9.17) is 10.3 Å². The Balaban J connectivity index is 1.60. The van der Waals surface area contributed by atoms with Crippen molar-refractivity contribution in [2.75, 3.05) is 16.9 Å². The summed E-state index contributed by atoms with van der Waals surface area (Å²) in [4.78, 5) is 24.7. The van der Waals surface area contributed by atoms with E-state index in [1.165, 1.54) is 10.9 Å². The first-order valence-corrected chi connectivity index (χ1v) is 9.02. The van der Waals surface area contributed by atoms with Crippen molar-refractivity contribution in [3.63, 3.8) is 0 Å². The van der Waals surface area contributed by atoms with Gasteiger partial charge in [0.05, 0.1) is 29.8 Å². The number of rotatable bonds is 7. The summed E-state index contributed by atoms with van der Waals surface area (Å²) < 4.78 is 6.50. The molecule has 0 aliphatic carbocycles. The molecule has 0 radical (unpaired) electrons. The van der Waals surface area contributed by atoms with Crippen LogP contribution in [0.2, 0.25) is 0 Å². The summed E-state index contributed by atoms with van der Waals surface area (Å²) in [5.74, 6) is 6.43. The lowest BCUT2D eigenvalue weighted by Gasteiger charge is -2.11. The minimum atomic E-state index is -0.313. The van der Waals surface area contributed by atoms with Crippen molar-refractivity contribution in [1.82, 2.24) is 20.2 Å². The number of furan rings is 1. The van der Waals surface area contributed by atoms with Crippen molar-refractivity contribution in [1.29, 1.82) is 0 Å². The smallest absolute Gasteiger partial charge is 0.253 e. The van der Waals surface area contributed by atoms with Crippen LogP contribution >= 0.6 is 11.8 Å². The summed E-state index contributed by atoms with van der Waals surface area (Å²) in [7, 11) is 0. The lowest BCUT2D eigenvalue weighted by Crippen LogP contribution is -2.25. The van der Waals surface area contributed by atoms with E-state index in [-0.39, 0.29) is 24.1 Å². The van der Waals surface area contributed by atoms with E-state index in [2.05, 4.69) is 20.8 Å². The normalized spacial score (nSPS) is 10.6. The molecule has 2 heterocycles. The van der Waals surface area contributed by atoms with E-state index in [0.717, 1.165) is 11.8 Å². The lowest BCUT2D eigenvalue weighted by atomic mass is 10.1. The largest absolute Gasteiger partial charge is 0.467 e. The first-order valence-electron chi connectivity index (χ1n) is 8.04. The van der Waals surface area contributed by atoms with Crippen LogP contribution in [-0.2, 0) is 11.3 Å². The maximum absolute atomic E-state index is 12.4. The fraction of sp³-hybridized carbons (Fsp3) is 0.176. The van der Waals surface area contributed by atoms with Crippen molar-refractivity contribution in [3.05, 3.63) is 59.8 Å².